The Kier molecular flexibility index (Phi) is 7.35. The number of hydrogen-bond acceptors (Lipinski definition) is 6. The summed E-state index contributed by atoms with van der Waals surface area (Å²) in [7, 11) is 0. The second kappa shape index (κ2) is 9.76. The zero-order valence-electron chi connectivity index (χ0n) is 17.9. The Morgan fingerprint density at radius 3 is 2.90 bits per heavy atom. The molecule has 0 saturated carbocycles. The maximum atomic E-state index is 12.5. The maximum absolute atomic E-state index is 12.5. The Hall–Kier alpha value is -1.86. The van der Waals surface area contributed by atoms with Crippen molar-refractivity contribution in [3.63, 3.8) is 0 Å². The van der Waals surface area contributed by atoms with Crippen molar-refractivity contribution in [3.8, 4) is 11.4 Å². The molecule has 1 unspecified atom stereocenters. The van der Waals surface area contributed by atoms with E-state index in [1.165, 1.54) is 0 Å². The molecule has 29 heavy (non-hydrogen) atoms. The van der Waals surface area contributed by atoms with Gasteiger partial charge in [0.15, 0.2) is 0 Å². The van der Waals surface area contributed by atoms with Crippen molar-refractivity contribution in [2.75, 3.05) is 25.4 Å². The Balaban J connectivity index is 1.50. The first-order valence-electron chi connectivity index (χ1n) is 10.3. The lowest BCUT2D eigenvalue weighted by Crippen LogP contribution is -2.43. The molecule has 6 nitrogen and oxygen atoms in total. The van der Waals surface area contributed by atoms with Crippen LogP contribution in [-0.4, -0.2) is 51.1 Å². The van der Waals surface area contributed by atoms with Crippen LogP contribution >= 0.6 is 11.8 Å². The fraction of sp³-hybridized carbons (Fsp3) is 0.591. The third-order valence-corrected chi connectivity index (χ3v) is 6.30. The third-order valence-electron chi connectivity index (χ3n) is 5.03. The van der Waals surface area contributed by atoms with E-state index >= 15 is 0 Å². The standard InChI is InChI=1S/C22H32N4O2S/c1-16-8-5-6-10-18(16)20-24-19(28-25-20)15-26-12-7-9-17(14-26)21(27)23-11-13-29-22(2,3)4/h5-6,8,10,17H,7,9,11-15H2,1-4H3,(H,23,27). The number of hydrogen-bond donors (Lipinski definition) is 1. The summed E-state index contributed by atoms with van der Waals surface area (Å²) in [4.78, 5) is 19.4. The van der Waals surface area contributed by atoms with Gasteiger partial charge in [-0.05, 0) is 31.9 Å². The van der Waals surface area contributed by atoms with Crippen LogP contribution in [0.25, 0.3) is 11.4 Å². The number of carbonyl (C=O) groups is 1. The van der Waals surface area contributed by atoms with E-state index in [4.69, 9.17) is 4.52 Å². The van der Waals surface area contributed by atoms with Gasteiger partial charge in [0, 0.05) is 29.2 Å². The topological polar surface area (TPSA) is 71.3 Å². The monoisotopic (exact) mass is 416 g/mol. The van der Waals surface area contributed by atoms with Crippen molar-refractivity contribution in [3.05, 3.63) is 35.7 Å². The number of nitrogens with one attached hydrogen (secondary N) is 1. The average molecular weight is 417 g/mol. The molecular weight excluding hydrogens is 384 g/mol. The van der Waals surface area contributed by atoms with Crippen LogP contribution < -0.4 is 5.32 Å². The van der Waals surface area contributed by atoms with E-state index in [0.29, 0.717) is 18.3 Å². The molecule has 0 bridgehead atoms. The minimum Gasteiger partial charge on any atom is -0.355 e. The molecule has 1 amide bonds. The zero-order valence-corrected chi connectivity index (χ0v) is 18.7. The van der Waals surface area contributed by atoms with E-state index in [-0.39, 0.29) is 16.6 Å². The summed E-state index contributed by atoms with van der Waals surface area (Å²) in [6.45, 7) is 11.6. The van der Waals surface area contributed by atoms with Crippen LogP contribution in [0.3, 0.4) is 0 Å². The summed E-state index contributed by atoms with van der Waals surface area (Å²) in [5.74, 6) is 2.36. The summed E-state index contributed by atoms with van der Waals surface area (Å²) in [5.41, 5.74) is 2.12. The first-order chi connectivity index (χ1) is 13.8. The molecule has 0 radical (unpaired) electrons. The van der Waals surface area contributed by atoms with Gasteiger partial charge in [0.1, 0.15) is 0 Å². The molecule has 1 aromatic heterocycles. The summed E-state index contributed by atoms with van der Waals surface area (Å²) in [6.07, 6.45) is 1.95. The number of carbonyl (C=O) groups excluding carboxylic acids is 1. The Morgan fingerprint density at radius 2 is 2.14 bits per heavy atom. The molecule has 1 aliphatic rings. The van der Waals surface area contributed by atoms with Crippen molar-refractivity contribution in [2.24, 2.45) is 5.92 Å². The molecule has 158 valence electrons. The number of rotatable bonds is 7. The predicted octanol–water partition coefficient (Wildman–Crippen LogP) is 3.90. The van der Waals surface area contributed by atoms with E-state index in [2.05, 4.69) is 41.1 Å². The number of aryl methyl sites for hydroxylation is 1. The first kappa shape index (κ1) is 21.8. The molecule has 2 aromatic rings. The number of aromatic nitrogens is 2. The Labute approximate surface area is 177 Å². The summed E-state index contributed by atoms with van der Waals surface area (Å²) >= 11 is 1.87. The van der Waals surface area contributed by atoms with E-state index in [9.17, 15) is 4.79 Å². The van der Waals surface area contributed by atoms with Gasteiger partial charge in [0.05, 0.1) is 12.5 Å². The molecule has 0 spiro atoms. The molecule has 1 saturated heterocycles. The van der Waals surface area contributed by atoms with Crippen LogP contribution in [0.4, 0.5) is 0 Å². The normalized spacial score (nSPS) is 18.0. The highest BCUT2D eigenvalue weighted by Crippen LogP contribution is 2.23. The SMILES string of the molecule is Cc1ccccc1-c1noc(CN2CCCC(C(=O)NCCSC(C)(C)C)C2)n1. The van der Waals surface area contributed by atoms with Gasteiger partial charge in [-0.15, -0.1) is 0 Å². The lowest BCUT2D eigenvalue weighted by atomic mass is 9.97. The number of benzene rings is 1. The smallest absolute Gasteiger partial charge is 0.241 e. The largest absolute Gasteiger partial charge is 0.355 e. The van der Waals surface area contributed by atoms with E-state index in [0.717, 1.165) is 49.4 Å². The first-order valence-corrected chi connectivity index (χ1v) is 11.3. The van der Waals surface area contributed by atoms with Gasteiger partial charge in [-0.2, -0.15) is 16.7 Å². The molecular formula is C22H32N4O2S. The zero-order chi connectivity index (χ0) is 20.9. The second-order valence-electron chi connectivity index (χ2n) is 8.65. The van der Waals surface area contributed by atoms with Crippen LogP contribution in [0.2, 0.25) is 0 Å². The van der Waals surface area contributed by atoms with Gasteiger partial charge in [-0.3, -0.25) is 9.69 Å². The van der Waals surface area contributed by atoms with Gasteiger partial charge in [-0.25, -0.2) is 0 Å². The van der Waals surface area contributed by atoms with Crippen LogP contribution in [0.5, 0.6) is 0 Å². The van der Waals surface area contributed by atoms with Crippen molar-refractivity contribution < 1.29 is 9.32 Å². The summed E-state index contributed by atoms with van der Waals surface area (Å²) in [6, 6.07) is 8.02. The third kappa shape index (κ3) is 6.57. The molecule has 1 aliphatic heterocycles. The number of likely N-dealkylation sites (tertiary alicyclic amines) is 1. The Bertz CT molecular complexity index is 815. The summed E-state index contributed by atoms with van der Waals surface area (Å²) in [5, 5.41) is 7.25. The second-order valence-corrected chi connectivity index (χ2v) is 10.6. The molecule has 1 aromatic carbocycles. The lowest BCUT2D eigenvalue weighted by molar-refractivity contribution is -0.126. The van der Waals surface area contributed by atoms with E-state index in [1.54, 1.807) is 0 Å². The van der Waals surface area contributed by atoms with Gasteiger partial charge >= 0.3 is 0 Å². The minimum absolute atomic E-state index is 0.0298. The van der Waals surface area contributed by atoms with Gasteiger partial charge in [-0.1, -0.05) is 50.2 Å². The number of nitrogens with zero attached hydrogens (tertiary/aromatic N) is 3. The van der Waals surface area contributed by atoms with Crippen molar-refractivity contribution in [2.45, 2.75) is 51.8 Å². The fourth-order valence-electron chi connectivity index (χ4n) is 3.53. The number of piperidine rings is 1. The number of amides is 1. The summed E-state index contributed by atoms with van der Waals surface area (Å²) < 4.78 is 5.71. The van der Waals surface area contributed by atoms with Gasteiger partial charge in [0.25, 0.3) is 0 Å². The predicted molar refractivity (Wildman–Crippen MR) is 118 cm³/mol. The van der Waals surface area contributed by atoms with Crippen LogP contribution in [0.1, 0.15) is 45.1 Å². The average Bonchev–Trinajstić information content (AvgIpc) is 3.13. The van der Waals surface area contributed by atoms with Crippen LogP contribution in [0, 0.1) is 12.8 Å². The highest BCUT2D eigenvalue weighted by Gasteiger charge is 2.27. The van der Waals surface area contributed by atoms with Gasteiger partial charge in [0.2, 0.25) is 17.6 Å². The quantitative estimate of drug-likeness (QED) is 0.690. The minimum atomic E-state index is 0.0298. The van der Waals surface area contributed by atoms with Gasteiger partial charge < -0.3 is 9.84 Å². The Morgan fingerprint density at radius 1 is 1.34 bits per heavy atom. The molecule has 2 heterocycles. The van der Waals surface area contributed by atoms with Crippen molar-refractivity contribution in [1.29, 1.82) is 0 Å². The molecule has 7 heteroatoms. The fourth-order valence-corrected chi connectivity index (χ4v) is 4.35. The van der Waals surface area contributed by atoms with E-state index in [1.807, 2.05) is 43.0 Å². The molecule has 1 fully saturated rings. The molecule has 0 aliphatic carbocycles. The number of thioether (sulfide) groups is 1. The van der Waals surface area contributed by atoms with E-state index < -0.39 is 0 Å². The maximum Gasteiger partial charge on any atom is 0.241 e. The van der Waals surface area contributed by atoms with Crippen molar-refractivity contribution >= 4 is 17.7 Å². The van der Waals surface area contributed by atoms with Crippen LogP contribution in [-0.2, 0) is 11.3 Å². The molecule has 1 atom stereocenters. The van der Waals surface area contributed by atoms with Crippen molar-refractivity contribution in [1.82, 2.24) is 20.4 Å². The molecule has 3 rings (SSSR count). The highest BCUT2D eigenvalue weighted by molar-refractivity contribution is 8.00. The molecule has 1 N–H and O–H groups in total. The highest BCUT2D eigenvalue weighted by atomic mass is 32.2. The lowest BCUT2D eigenvalue weighted by Gasteiger charge is -2.31. The van der Waals surface area contributed by atoms with Crippen LogP contribution in [0.15, 0.2) is 28.8 Å².